The molecule has 0 saturated heterocycles. The Labute approximate surface area is 91.5 Å². The topological polar surface area (TPSA) is 12.0 Å². The van der Waals surface area contributed by atoms with Crippen LogP contribution in [0.15, 0.2) is 11.4 Å². The lowest BCUT2D eigenvalue weighted by Gasteiger charge is -2.11. The second-order valence-corrected chi connectivity index (χ2v) is 5.14. The molecule has 0 aliphatic heterocycles. The predicted octanol–water partition coefficient (Wildman–Crippen LogP) is 3.23. The number of aryl methyl sites for hydroxylation is 1. The molecule has 1 atom stereocenters. The molecule has 1 nitrogen and oxygen atoms in total. The first-order chi connectivity index (χ1) is 6.74. The van der Waals surface area contributed by atoms with Crippen LogP contribution >= 0.6 is 11.3 Å². The van der Waals surface area contributed by atoms with Gasteiger partial charge in [0.25, 0.3) is 0 Å². The molecule has 0 spiro atoms. The van der Waals surface area contributed by atoms with Crippen LogP contribution in [-0.2, 0) is 6.42 Å². The average Bonchev–Trinajstić information content (AvgIpc) is 2.52. The summed E-state index contributed by atoms with van der Waals surface area (Å²) in [4.78, 5) is 1.48. The summed E-state index contributed by atoms with van der Waals surface area (Å²) in [5, 5.41) is 5.66. The SMILES string of the molecule is CCCNCC(C)Cc1ccsc1C. The van der Waals surface area contributed by atoms with Crippen molar-refractivity contribution in [1.82, 2.24) is 5.32 Å². The third-order valence-electron chi connectivity index (χ3n) is 2.45. The third kappa shape index (κ3) is 3.81. The Bertz CT molecular complexity index is 255. The normalized spacial score (nSPS) is 13.1. The Kier molecular flexibility index (Phi) is 5.20. The van der Waals surface area contributed by atoms with E-state index in [2.05, 4.69) is 37.5 Å². The van der Waals surface area contributed by atoms with Gasteiger partial charge in [-0.25, -0.2) is 0 Å². The lowest BCUT2D eigenvalue weighted by Crippen LogP contribution is -2.23. The molecule has 0 amide bonds. The van der Waals surface area contributed by atoms with Crippen molar-refractivity contribution in [2.24, 2.45) is 5.92 Å². The van der Waals surface area contributed by atoms with Crippen molar-refractivity contribution in [3.63, 3.8) is 0 Å². The monoisotopic (exact) mass is 211 g/mol. The Balaban J connectivity index is 2.27. The van der Waals surface area contributed by atoms with Crippen molar-refractivity contribution in [2.45, 2.75) is 33.6 Å². The van der Waals surface area contributed by atoms with Crippen LogP contribution in [0.3, 0.4) is 0 Å². The van der Waals surface area contributed by atoms with Crippen molar-refractivity contribution in [1.29, 1.82) is 0 Å². The third-order valence-corrected chi connectivity index (χ3v) is 3.34. The van der Waals surface area contributed by atoms with Crippen LogP contribution < -0.4 is 5.32 Å². The van der Waals surface area contributed by atoms with Gasteiger partial charge in [0.05, 0.1) is 0 Å². The summed E-state index contributed by atoms with van der Waals surface area (Å²) in [5.74, 6) is 0.745. The van der Waals surface area contributed by atoms with Gasteiger partial charge in [-0.1, -0.05) is 13.8 Å². The molecule has 14 heavy (non-hydrogen) atoms. The van der Waals surface area contributed by atoms with Crippen LogP contribution in [0.25, 0.3) is 0 Å². The molecule has 0 aliphatic carbocycles. The zero-order chi connectivity index (χ0) is 10.4. The van der Waals surface area contributed by atoms with Crippen LogP contribution in [0.4, 0.5) is 0 Å². The minimum Gasteiger partial charge on any atom is -0.316 e. The Hall–Kier alpha value is -0.340. The average molecular weight is 211 g/mol. The van der Waals surface area contributed by atoms with E-state index in [0.717, 1.165) is 19.0 Å². The molecule has 1 rings (SSSR count). The highest BCUT2D eigenvalue weighted by molar-refractivity contribution is 7.10. The number of hydrogen-bond donors (Lipinski definition) is 1. The van der Waals surface area contributed by atoms with Gasteiger partial charge < -0.3 is 5.32 Å². The lowest BCUT2D eigenvalue weighted by molar-refractivity contribution is 0.510. The van der Waals surface area contributed by atoms with E-state index < -0.39 is 0 Å². The van der Waals surface area contributed by atoms with Crippen molar-refractivity contribution >= 4 is 11.3 Å². The van der Waals surface area contributed by atoms with Gasteiger partial charge in [-0.15, -0.1) is 11.3 Å². The van der Waals surface area contributed by atoms with E-state index in [4.69, 9.17) is 0 Å². The molecule has 0 saturated carbocycles. The Morgan fingerprint density at radius 3 is 2.86 bits per heavy atom. The smallest absolute Gasteiger partial charge is 0.00463 e. The van der Waals surface area contributed by atoms with Gasteiger partial charge in [0.2, 0.25) is 0 Å². The molecule has 1 aromatic rings. The molecule has 0 fully saturated rings. The number of rotatable bonds is 6. The van der Waals surface area contributed by atoms with Crippen LogP contribution in [0.2, 0.25) is 0 Å². The highest BCUT2D eigenvalue weighted by Gasteiger charge is 2.05. The number of thiophene rings is 1. The standard InChI is InChI=1S/C12H21NS/c1-4-6-13-9-10(2)8-12-5-7-14-11(12)3/h5,7,10,13H,4,6,8-9H2,1-3H3. The highest BCUT2D eigenvalue weighted by atomic mass is 32.1. The second-order valence-electron chi connectivity index (χ2n) is 4.02. The first-order valence-corrected chi connectivity index (χ1v) is 6.35. The molecular weight excluding hydrogens is 190 g/mol. The van der Waals surface area contributed by atoms with E-state index in [1.807, 2.05) is 11.3 Å². The van der Waals surface area contributed by atoms with Gasteiger partial charge in [-0.2, -0.15) is 0 Å². The maximum atomic E-state index is 3.47. The van der Waals surface area contributed by atoms with Gasteiger partial charge in [0.15, 0.2) is 0 Å². The molecule has 0 aromatic carbocycles. The van der Waals surface area contributed by atoms with E-state index in [-0.39, 0.29) is 0 Å². The summed E-state index contributed by atoms with van der Waals surface area (Å²) in [6.45, 7) is 9.03. The molecule has 0 aliphatic rings. The minimum atomic E-state index is 0.745. The predicted molar refractivity (Wildman–Crippen MR) is 65.1 cm³/mol. The first-order valence-electron chi connectivity index (χ1n) is 5.47. The van der Waals surface area contributed by atoms with Crippen LogP contribution in [0.1, 0.15) is 30.7 Å². The summed E-state index contributed by atoms with van der Waals surface area (Å²) in [6, 6.07) is 2.26. The summed E-state index contributed by atoms with van der Waals surface area (Å²) in [7, 11) is 0. The van der Waals surface area contributed by atoms with Gasteiger partial charge in [0, 0.05) is 4.88 Å². The van der Waals surface area contributed by atoms with E-state index in [1.165, 1.54) is 23.3 Å². The van der Waals surface area contributed by atoms with Crippen LogP contribution in [-0.4, -0.2) is 13.1 Å². The molecule has 1 N–H and O–H groups in total. The summed E-state index contributed by atoms with van der Waals surface area (Å²) in [6.07, 6.45) is 2.44. The maximum absolute atomic E-state index is 3.47. The van der Waals surface area contributed by atoms with Gasteiger partial charge in [0.1, 0.15) is 0 Å². The van der Waals surface area contributed by atoms with Crippen LogP contribution in [0, 0.1) is 12.8 Å². The first kappa shape index (κ1) is 11.7. The van der Waals surface area contributed by atoms with Gasteiger partial charge in [-0.3, -0.25) is 0 Å². The molecular formula is C12H21NS. The molecule has 80 valence electrons. The fourth-order valence-corrected chi connectivity index (χ4v) is 2.34. The van der Waals surface area contributed by atoms with Crippen molar-refractivity contribution in [3.05, 3.63) is 21.9 Å². The lowest BCUT2D eigenvalue weighted by atomic mass is 10.0. The molecule has 0 radical (unpaired) electrons. The molecule has 0 bridgehead atoms. The van der Waals surface area contributed by atoms with E-state index >= 15 is 0 Å². The zero-order valence-electron chi connectivity index (χ0n) is 9.47. The van der Waals surface area contributed by atoms with Crippen molar-refractivity contribution < 1.29 is 0 Å². The summed E-state index contributed by atoms with van der Waals surface area (Å²) >= 11 is 1.85. The summed E-state index contributed by atoms with van der Waals surface area (Å²) in [5.41, 5.74) is 1.53. The quantitative estimate of drug-likeness (QED) is 0.712. The fraction of sp³-hybridized carbons (Fsp3) is 0.667. The van der Waals surface area contributed by atoms with E-state index in [0.29, 0.717) is 0 Å². The van der Waals surface area contributed by atoms with E-state index in [9.17, 15) is 0 Å². The summed E-state index contributed by atoms with van der Waals surface area (Å²) < 4.78 is 0. The van der Waals surface area contributed by atoms with Gasteiger partial charge >= 0.3 is 0 Å². The molecule has 1 unspecified atom stereocenters. The van der Waals surface area contributed by atoms with Crippen molar-refractivity contribution in [2.75, 3.05) is 13.1 Å². The largest absolute Gasteiger partial charge is 0.316 e. The molecule has 2 heteroatoms. The zero-order valence-corrected chi connectivity index (χ0v) is 10.3. The number of nitrogens with one attached hydrogen (secondary N) is 1. The van der Waals surface area contributed by atoms with Crippen molar-refractivity contribution in [3.8, 4) is 0 Å². The Morgan fingerprint density at radius 1 is 1.50 bits per heavy atom. The molecule has 1 heterocycles. The van der Waals surface area contributed by atoms with Gasteiger partial charge in [-0.05, 0) is 55.8 Å². The molecule has 1 aromatic heterocycles. The van der Waals surface area contributed by atoms with Crippen LogP contribution in [0.5, 0.6) is 0 Å². The Morgan fingerprint density at radius 2 is 2.29 bits per heavy atom. The van der Waals surface area contributed by atoms with E-state index in [1.54, 1.807) is 0 Å². The second kappa shape index (κ2) is 6.20. The minimum absolute atomic E-state index is 0.745. The highest BCUT2D eigenvalue weighted by Crippen LogP contribution is 2.18. The maximum Gasteiger partial charge on any atom is 0.00463 e. The fourth-order valence-electron chi connectivity index (χ4n) is 1.60. The number of hydrogen-bond acceptors (Lipinski definition) is 2.